The highest BCUT2D eigenvalue weighted by Gasteiger charge is 2.15. The van der Waals surface area contributed by atoms with Crippen LogP contribution in [0.2, 0.25) is 0 Å². The van der Waals surface area contributed by atoms with Gasteiger partial charge in [-0.15, -0.1) is 0 Å². The summed E-state index contributed by atoms with van der Waals surface area (Å²) >= 11 is 0. The fourth-order valence-electron chi connectivity index (χ4n) is 1.86. The number of hydrogen-bond donors (Lipinski definition) is 0. The van der Waals surface area contributed by atoms with Crippen molar-refractivity contribution in [3.8, 4) is 0 Å². The third kappa shape index (κ3) is 1.98. The minimum absolute atomic E-state index is 0.693. The van der Waals surface area contributed by atoms with Gasteiger partial charge in [0.15, 0.2) is 0 Å². The molecule has 64 valence electrons. The molecular weight excluding hydrogens is 134 g/mol. The molecule has 0 bridgehead atoms. The largest absolute Gasteiger partial charge is 0.375 e. The summed E-state index contributed by atoms with van der Waals surface area (Å²) < 4.78 is 0. The predicted molar refractivity (Wildman–Crippen MR) is 49.4 cm³/mol. The number of hydrogen-bond acceptors (Lipinski definition) is 1. The Bertz CT molecular complexity index is 141. The summed E-state index contributed by atoms with van der Waals surface area (Å²) in [5.41, 5.74) is 1.53. The number of rotatable bonds is 2. The van der Waals surface area contributed by atoms with Crippen LogP contribution in [0.5, 0.6) is 0 Å². The van der Waals surface area contributed by atoms with E-state index in [0.717, 1.165) is 0 Å². The van der Waals surface area contributed by atoms with E-state index in [1.54, 1.807) is 0 Å². The molecule has 0 N–H and O–H groups in total. The summed E-state index contributed by atoms with van der Waals surface area (Å²) in [4.78, 5) is 2.52. The fourth-order valence-corrected chi connectivity index (χ4v) is 1.86. The van der Waals surface area contributed by atoms with Crippen molar-refractivity contribution in [1.82, 2.24) is 4.90 Å². The second kappa shape index (κ2) is 3.80. The maximum absolute atomic E-state index is 2.52. The van der Waals surface area contributed by atoms with Gasteiger partial charge < -0.3 is 4.90 Å². The third-order valence-corrected chi connectivity index (χ3v) is 2.36. The lowest BCUT2D eigenvalue weighted by Gasteiger charge is -2.24. The van der Waals surface area contributed by atoms with Gasteiger partial charge in [-0.2, -0.15) is 0 Å². The summed E-state index contributed by atoms with van der Waals surface area (Å²) in [7, 11) is 0. The Morgan fingerprint density at radius 3 is 2.18 bits per heavy atom. The first kappa shape index (κ1) is 8.63. The van der Waals surface area contributed by atoms with Crippen molar-refractivity contribution in [2.45, 2.75) is 33.6 Å². The Labute approximate surface area is 70.1 Å². The molecule has 1 rings (SSSR count). The lowest BCUT2D eigenvalue weighted by atomic mass is 10.1. The second-order valence-electron chi connectivity index (χ2n) is 3.56. The Hall–Kier alpha value is -0.460. The van der Waals surface area contributed by atoms with Gasteiger partial charge in [0, 0.05) is 18.8 Å². The molecule has 0 radical (unpaired) electrons. The van der Waals surface area contributed by atoms with Crippen molar-refractivity contribution >= 4 is 0 Å². The molecule has 1 aliphatic rings. The molecule has 1 heterocycles. The molecule has 1 saturated heterocycles. The summed E-state index contributed by atoms with van der Waals surface area (Å²) in [6.45, 7) is 9.24. The van der Waals surface area contributed by atoms with E-state index in [0.29, 0.717) is 5.92 Å². The summed E-state index contributed by atoms with van der Waals surface area (Å²) in [6.07, 6.45) is 5.02. The van der Waals surface area contributed by atoms with Crippen LogP contribution in [0.25, 0.3) is 0 Å². The maximum Gasteiger partial charge on any atom is 0.0175 e. The van der Waals surface area contributed by atoms with Crippen molar-refractivity contribution in [1.29, 1.82) is 0 Å². The van der Waals surface area contributed by atoms with E-state index in [1.807, 2.05) is 0 Å². The highest BCUT2D eigenvalue weighted by atomic mass is 15.1. The lowest BCUT2D eigenvalue weighted by molar-refractivity contribution is 0.379. The predicted octanol–water partition coefficient (Wildman–Crippen LogP) is 2.64. The molecular formula is C10H19N. The zero-order valence-corrected chi connectivity index (χ0v) is 7.93. The third-order valence-electron chi connectivity index (χ3n) is 2.36. The Kier molecular flexibility index (Phi) is 2.98. The van der Waals surface area contributed by atoms with Crippen LogP contribution in [0.1, 0.15) is 33.6 Å². The SMILES string of the molecule is C/C=C(\C(C)C)N1CCCC1. The lowest BCUT2D eigenvalue weighted by Crippen LogP contribution is -2.21. The molecule has 0 aliphatic carbocycles. The van der Waals surface area contributed by atoms with Crippen LogP contribution >= 0.6 is 0 Å². The average molecular weight is 153 g/mol. The minimum atomic E-state index is 0.693. The Morgan fingerprint density at radius 2 is 1.82 bits per heavy atom. The average Bonchev–Trinajstić information content (AvgIpc) is 2.40. The molecule has 1 aliphatic heterocycles. The first-order chi connectivity index (χ1) is 5.25. The van der Waals surface area contributed by atoms with E-state index in [4.69, 9.17) is 0 Å². The minimum Gasteiger partial charge on any atom is -0.375 e. The van der Waals surface area contributed by atoms with Gasteiger partial charge in [0.1, 0.15) is 0 Å². The molecule has 1 nitrogen and oxygen atoms in total. The molecule has 0 atom stereocenters. The van der Waals surface area contributed by atoms with E-state index in [2.05, 4.69) is 31.7 Å². The Balaban J connectivity index is 2.54. The van der Waals surface area contributed by atoms with Gasteiger partial charge in [0.2, 0.25) is 0 Å². The van der Waals surface area contributed by atoms with Gasteiger partial charge in [-0.05, 0) is 25.7 Å². The molecule has 0 aromatic heterocycles. The molecule has 0 amide bonds. The first-order valence-electron chi connectivity index (χ1n) is 4.67. The normalized spacial score (nSPS) is 20.0. The van der Waals surface area contributed by atoms with E-state index in [9.17, 15) is 0 Å². The molecule has 1 heteroatoms. The van der Waals surface area contributed by atoms with Crippen LogP contribution in [0.15, 0.2) is 11.8 Å². The van der Waals surface area contributed by atoms with Crippen molar-refractivity contribution in [2.24, 2.45) is 5.92 Å². The molecule has 0 aromatic carbocycles. The van der Waals surface area contributed by atoms with E-state index < -0.39 is 0 Å². The van der Waals surface area contributed by atoms with Crippen molar-refractivity contribution in [2.75, 3.05) is 13.1 Å². The number of allylic oxidation sites excluding steroid dienone is 2. The standard InChI is InChI=1S/C10H19N/c1-4-10(9(2)3)11-7-5-6-8-11/h4,9H,5-8H2,1-3H3/b10-4+. The summed E-state index contributed by atoms with van der Waals surface area (Å²) in [6, 6.07) is 0. The van der Waals surface area contributed by atoms with E-state index in [-0.39, 0.29) is 0 Å². The highest BCUT2D eigenvalue weighted by Crippen LogP contribution is 2.20. The molecule has 0 saturated carbocycles. The smallest absolute Gasteiger partial charge is 0.0175 e. The quantitative estimate of drug-likeness (QED) is 0.589. The fraction of sp³-hybridized carbons (Fsp3) is 0.800. The van der Waals surface area contributed by atoms with Crippen LogP contribution in [0.3, 0.4) is 0 Å². The zero-order chi connectivity index (χ0) is 8.27. The van der Waals surface area contributed by atoms with Crippen molar-refractivity contribution < 1.29 is 0 Å². The van der Waals surface area contributed by atoms with Crippen LogP contribution in [0.4, 0.5) is 0 Å². The van der Waals surface area contributed by atoms with Gasteiger partial charge in [-0.1, -0.05) is 19.9 Å². The van der Waals surface area contributed by atoms with Crippen molar-refractivity contribution in [3.05, 3.63) is 11.8 Å². The number of likely N-dealkylation sites (tertiary alicyclic amines) is 1. The van der Waals surface area contributed by atoms with Gasteiger partial charge in [-0.25, -0.2) is 0 Å². The topological polar surface area (TPSA) is 3.24 Å². The number of nitrogens with zero attached hydrogens (tertiary/aromatic N) is 1. The summed E-state index contributed by atoms with van der Waals surface area (Å²) in [5, 5.41) is 0. The zero-order valence-electron chi connectivity index (χ0n) is 7.93. The molecule has 0 unspecified atom stereocenters. The van der Waals surface area contributed by atoms with Crippen LogP contribution in [-0.4, -0.2) is 18.0 Å². The van der Waals surface area contributed by atoms with Gasteiger partial charge in [0.05, 0.1) is 0 Å². The maximum atomic E-state index is 2.52. The Morgan fingerprint density at radius 1 is 1.27 bits per heavy atom. The first-order valence-corrected chi connectivity index (χ1v) is 4.67. The van der Waals surface area contributed by atoms with Gasteiger partial charge >= 0.3 is 0 Å². The van der Waals surface area contributed by atoms with Crippen LogP contribution in [0, 0.1) is 5.92 Å². The summed E-state index contributed by atoms with van der Waals surface area (Å²) in [5.74, 6) is 0.693. The molecule has 0 spiro atoms. The van der Waals surface area contributed by atoms with Gasteiger partial charge in [0.25, 0.3) is 0 Å². The van der Waals surface area contributed by atoms with Crippen molar-refractivity contribution in [3.63, 3.8) is 0 Å². The van der Waals surface area contributed by atoms with Crippen LogP contribution < -0.4 is 0 Å². The molecule has 0 aromatic rings. The molecule has 1 fully saturated rings. The van der Waals surface area contributed by atoms with Gasteiger partial charge in [-0.3, -0.25) is 0 Å². The molecule has 11 heavy (non-hydrogen) atoms. The second-order valence-corrected chi connectivity index (χ2v) is 3.56. The van der Waals surface area contributed by atoms with E-state index in [1.165, 1.54) is 31.6 Å². The van der Waals surface area contributed by atoms with Crippen LogP contribution in [-0.2, 0) is 0 Å². The highest BCUT2D eigenvalue weighted by molar-refractivity contribution is 5.03. The monoisotopic (exact) mass is 153 g/mol. The van der Waals surface area contributed by atoms with E-state index >= 15 is 0 Å².